The smallest absolute Gasteiger partial charge is 0.257 e. The molecular weight excluding hydrogens is 432 g/mol. The predicted octanol–water partition coefficient (Wildman–Crippen LogP) is 4.35. The van der Waals surface area contributed by atoms with Gasteiger partial charge in [0.15, 0.2) is 5.13 Å². The predicted molar refractivity (Wildman–Crippen MR) is 123 cm³/mol. The summed E-state index contributed by atoms with van der Waals surface area (Å²) < 4.78 is 11.5. The van der Waals surface area contributed by atoms with Gasteiger partial charge in [-0.1, -0.05) is 0 Å². The molecular formula is C22H26N4O3S2. The van der Waals surface area contributed by atoms with Gasteiger partial charge in [-0.3, -0.25) is 15.0 Å². The number of hydrogen-bond donors (Lipinski definition) is 1. The number of carbonyl (C=O) groups excluding carboxylic acids is 1. The first-order valence-corrected chi connectivity index (χ1v) is 12.0. The van der Waals surface area contributed by atoms with Crippen LogP contribution >= 0.6 is 22.7 Å². The fourth-order valence-corrected chi connectivity index (χ4v) is 4.88. The second kappa shape index (κ2) is 9.86. The number of amides is 1. The van der Waals surface area contributed by atoms with Crippen LogP contribution in [0.5, 0.6) is 5.75 Å². The maximum Gasteiger partial charge on any atom is 0.257 e. The molecule has 164 valence electrons. The fourth-order valence-electron chi connectivity index (χ4n) is 3.58. The Hall–Kier alpha value is -2.33. The number of thiazole rings is 2. The Morgan fingerprint density at radius 3 is 2.52 bits per heavy atom. The highest BCUT2D eigenvalue weighted by Crippen LogP contribution is 2.21. The summed E-state index contributed by atoms with van der Waals surface area (Å²) in [6.07, 6.45) is 0.443. The van der Waals surface area contributed by atoms with Crippen LogP contribution in [0.1, 0.15) is 40.6 Å². The molecule has 1 saturated heterocycles. The van der Waals surface area contributed by atoms with Crippen molar-refractivity contribution in [3.05, 3.63) is 57.0 Å². The molecule has 3 heterocycles. The summed E-state index contributed by atoms with van der Waals surface area (Å²) in [5.74, 6) is 0.517. The zero-order chi connectivity index (χ0) is 21.8. The van der Waals surface area contributed by atoms with E-state index in [9.17, 15) is 4.79 Å². The van der Waals surface area contributed by atoms with Crippen molar-refractivity contribution >= 4 is 33.7 Å². The Morgan fingerprint density at radius 2 is 1.84 bits per heavy atom. The lowest BCUT2D eigenvalue weighted by atomic mass is 10.2. The SMILES string of the molecule is Cc1nc(COc2ccc(C(=O)Nc3nc(CN4CC(C)OC(C)C4)cs3)cc2)cs1. The van der Waals surface area contributed by atoms with Crippen molar-refractivity contribution in [2.45, 2.75) is 46.1 Å². The van der Waals surface area contributed by atoms with Crippen molar-refractivity contribution in [1.29, 1.82) is 0 Å². The van der Waals surface area contributed by atoms with Crippen molar-refractivity contribution in [2.24, 2.45) is 0 Å². The Balaban J connectivity index is 1.29. The number of morpholine rings is 1. The number of aryl methyl sites for hydroxylation is 1. The first-order valence-electron chi connectivity index (χ1n) is 10.2. The van der Waals surface area contributed by atoms with Crippen LogP contribution in [-0.2, 0) is 17.9 Å². The van der Waals surface area contributed by atoms with Crippen LogP contribution < -0.4 is 10.1 Å². The third-order valence-corrected chi connectivity index (χ3v) is 6.45. The Morgan fingerprint density at radius 1 is 1.13 bits per heavy atom. The molecule has 2 aromatic heterocycles. The second-order valence-corrected chi connectivity index (χ2v) is 9.64. The highest BCUT2D eigenvalue weighted by atomic mass is 32.1. The van der Waals surface area contributed by atoms with E-state index >= 15 is 0 Å². The molecule has 0 radical (unpaired) electrons. The normalized spacial score (nSPS) is 19.3. The summed E-state index contributed by atoms with van der Waals surface area (Å²) in [7, 11) is 0. The van der Waals surface area contributed by atoms with E-state index in [1.54, 1.807) is 35.6 Å². The molecule has 0 saturated carbocycles. The summed E-state index contributed by atoms with van der Waals surface area (Å²) in [4.78, 5) is 23.9. The van der Waals surface area contributed by atoms with Crippen LogP contribution in [-0.4, -0.2) is 46.1 Å². The van der Waals surface area contributed by atoms with Gasteiger partial charge >= 0.3 is 0 Å². The Bertz CT molecular complexity index is 1010. The first kappa shape index (κ1) is 21.9. The van der Waals surface area contributed by atoms with Gasteiger partial charge in [-0.25, -0.2) is 9.97 Å². The number of aromatic nitrogens is 2. The van der Waals surface area contributed by atoms with E-state index in [0.29, 0.717) is 23.1 Å². The summed E-state index contributed by atoms with van der Waals surface area (Å²) in [5, 5.41) is 8.50. The minimum absolute atomic E-state index is 0.184. The molecule has 31 heavy (non-hydrogen) atoms. The maximum absolute atomic E-state index is 12.6. The fraction of sp³-hybridized carbons (Fsp3) is 0.409. The quantitative estimate of drug-likeness (QED) is 0.567. The van der Waals surface area contributed by atoms with Gasteiger partial charge in [0.2, 0.25) is 0 Å². The minimum Gasteiger partial charge on any atom is -0.487 e. The number of nitrogens with zero attached hydrogens (tertiary/aromatic N) is 3. The summed E-state index contributed by atoms with van der Waals surface area (Å²) in [6.45, 7) is 9.10. The average Bonchev–Trinajstić information content (AvgIpc) is 3.34. The van der Waals surface area contributed by atoms with E-state index in [4.69, 9.17) is 9.47 Å². The number of hydrogen-bond acceptors (Lipinski definition) is 8. The summed E-state index contributed by atoms with van der Waals surface area (Å²) in [5.41, 5.74) is 2.43. The lowest BCUT2D eigenvalue weighted by Gasteiger charge is -2.34. The van der Waals surface area contributed by atoms with Crippen LogP contribution in [0.25, 0.3) is 0 Å². The van der Waals surface area contributed by atoms with Crippen LogP contribution in [0.2, 0.25) is 0 Å². The topological polar surface area (TPSA) is 76.6 Å². The molecule has 1 N–H and O–H groups in total. The van der Waals surface area contributed by atoms with Gasteiger partial charge in [-0.15, -0.1) is 22.7 Å². The van der Waals surface area contributed by atoms with E-state index in [2.05, 4.69) is 34.0 Å². The average molecular weight is 459 g/mol. The standard InChI is InChI=1S/C22H26N4O3S2/c1-14-8-26(9-15(2)29-14)10-18-12-31-22(24-18)25-21(27)17-4-6-20(7-5-17)28-11-19-13-30-16(3)23-19/h4-7,12-15H,8-11H2,1-3H3,(H,24,25,27). The third-order valence-electron chi connectivity index (χ3n) is 4.82. The van der Waals surface area contributed by atoms with E-state index in [1.807, 2.05) is 17.7 Å². The van der Waals surface area contributed by atoms with E-state index in [-0.39, 0.29) is 18.1 Å². The van der Waals surface area contributed by atoms with Crippen molar-refractivity contribution in [1.82, 2.24) is 14.9 Å². The van der Waals surface area contributed by atoms with Crippen molar-refractivity contribution in [2.75, 3.05) is 18.4 Å². The van der Waals surface area contributed by atoms with Gasteiger partial charge in [0, 0.05) is 36.0 Å². The number of ether oxygens (including phenoxy) is 2. The number of nitrogens with one attached hydrogen (secondary N) is 1. The molecule has 0 aliphatic carbocycles. The van der Waals surface area contributed by atoms with Crippen LogP contribution in [0.4, 0.5) is 5.13 Å². The molecule has 1 amide bonds. The van der Waals surface area contributed by atoms with Crippen molar-refractivity contribution < 1.29 is 14.3 Å². The number of rotatable bonds is 7. The number of anilines is 1. The largest absolute Gasteiger partial charge is 0.487 e. The summed E-state index contributed by atoms with van der Waals surface area (Å²) in [6, 6.07) is 7.09. The van der Waals surface area contributed by atoms with E-state index in [1.165, 1.54) is 11.3 Å². The van der Waals surface area contributed by atoms with Gasteiger partial charge in [0.1, 0.15) is 12.4 Å². The molecule has 2 atom stereocenters. The molecule has 9 heteroatoms. The molecule has 1 fully saturated rings. The molecule has 1 aromatic carbocycles. The Kier molecular flexibility index (Phi) is 6.96. The van der Waals surface area contributed by atoms with Gasteiger partial charge < -0.3 is 9.47 Å². The Labute approximate surface area is 190 Å². The van der Waals surface area contributed by atoms with Gasteiger partial charge in [-0.2, -0.15) is 0 Å². The lowest BCUT2D eigenvalue weighted by Crippen LogP contribution is -2.44. The summed E-state index contributed by atoms with van der Waals surface area (Å²) >= 11 is 3.04. The first-order chi connectivity index (χ1) is 14.9. The highest BCUT2D eigenvalue weighted by Gasteiger charge is 2.22. The minimum atomic E-state index is -0.184. The zero-order valence-electron chi connectivity index (χ0n) is 17.8. The molecule has 3 aromatic rings. The monoisotopic (exact) mass is 458 g/mol. The van der Waals surface area contributed by atoms with Crippen LogP contribution in [0.3, 0.4) is 0 Å². The molecule has 2 unspecified atom stereocenters. The molecule has 7 nitrogen and oxygen atoms in total. The van der Waals surface area contributed by atoms with Crippen LogP contribution in [0, 0.1) is 6.92 Å². The van der Waals surface area contributed by atoms with Crippen LogP contribution in [0.15, 0.2) is 35.0 Å². The number of carbonyl (C=O) groups is 1. The number of benzene rings is 1. The zero-order valence-corrected chi connectivity index (χ0v) is 19.5. The van der Waals surface area contributed by atoms with E-state index in [0.717, 1.165) is 36.0 Å². The van der Waals surface area contributed by atoms with Crippen molar-refractivity contribution in [3.63, 3.8) is 0 Å². The molecule has 0 spiro atoms. The van der Waals surface area contributed by atoms with E-state index < -0.39 is 0 Å². The molecule has 4 rings (SSSR count). The lowest BCUT2D eigenvalue weighted by molar-refractivity contribution is -0.0707. The van der Waals surface area contributed by atoms with Crippen molar-refractivity contribution in [3.8, 4) is 5.75 Å². The van der Waals surface area contributed by atoms with Gasteiger partial charge in [-0.05, 0) is 45.0 Å². The highest BCUT2D eigenvalue weighted by molar-refractivity contribution is 7.14. The van der Waals surface area contributed by atoms with Gasteiger partial charge in [0.05, 0.1) is 28.6 Å². The second-order valence-electron chi connectivity index (χ2n) is 7.72. The molecule has 0 bridgehead atoms. The maximum atomic E-state index is 12.6. The molecule has 1 aliphatic heterocycles. The molecule has 1 aliphatic rings. The third kappa shape index (κ3) is 6.10. The van der Waals surface area contributed by atoms with Gasteiger partial charge in [0.25, 0.3) is 5.91 Å².